The van der Waals surface area contributed by atoms with Gasteiger partial charge in [0.2, 0.25) is 0 Å². The highest BCUT2D eigenvalue weighted by Gasteiger charge is 2.22. The molecule has 0 aliphatic heterocycles. The minimum Gasteiger partial charge on any atom is -0.360 e. The van der Waals surface area contributed by atoms with Crippen LogP contribution in [-0.2, 0) is 26.9 Å². The number of aromatic nitrogens is 1. The van der Waals surface area contributed by atoms with Gasteiger partial charge in [-0.1, -0.05) is 12.1 Å². The van der Waals surface area contributed by atoms with E-state index in [1.165, 1.54) is 18.2 Å². The SMILES string of the molecule is O=S(O)Cc1ccc2c(S(=O)(=O)Nc3cc(F)c(F)cc3F)c[nH]c2c1. The molecule has 138 valence electrons. The summed E-state index contributed by atoms with van der Waals surface area (Å²) in [6, 6.07) is 5.04. The second-order valence-corrected chi connectivity index (χ2v) is 7.93. The molecular formula is C15H11F3N2O4S2. The molecule has 6 nitrogen and oxygen atoms in total. The normalized spacial score (nSPS) is 13.1. The maximum absolute atomic E-state index is 13.7. The third-order valence-corrected chi connectivity index (χ3v) is 5.53. The van der Waals surface area contributed by atoms with Crippen molar-refractivity contribution in [2.24, 2.45) is 0 Å². The Labute approximate surface area is 148 Å². The summed E-state index contributed by atoms with van der Waals surface area (Å²) in [7, 11) is -4.30. The minimum absolute atomic E-state index is 0.130. The van der Waals surface area contributed by atoms with E-state index in [-0.39, 0.29) is 22.1 Å². The van der Waals surface area contributed by atoms with Crippen molar-refractivity contribution in [3.8, 4) is 0 Å². The number of nitrogens with one attached hydrogen (secondary N) is 2. The van der Waals surface area contributed by atoms with E-state index >= 15 is 0 Å². The van der Waals surface area contributed by atoms with Gasteiger partial charge in [-0.3, -0.25) is 4.72 Å². The van der Waals surface area contributed by atoms with Gasteiger partial charge in [0.05, 0.1) is 11.4 Å². The topological polar surface area (TPSA) is 99.3 Å². The van der Waals surface area contributed by atoms with Gasteiger partial charge in [0.1, 0.15) is 10.7 Å². The standard InChI is InChI=1S/C15H11F3N2O4S2/c16-10-4-12(18)14(5-11(10)17)20-26(23,24)15-6-19-13-3-8(7-25(21)22)1-2-9(13)15/h1-6,19-20H,7H2,(H,21,22). The number of benzene rings is 2. The Hall–Kier alpha value is -2.37. The summed E-state index contributed by atoms with van der Waals surface area (Å²) < 4.78 is 86.5. The number of H-pyrrole nitrogens is 1. The Bertz CT molecular complexity index is 1130. The Balaban J connectivity index is 2.00. The second kappa shape index (κ2) is 6.74. The highest BCUT2D eigenvalue weighted by Crippen LogP contribution is 2.27. The van der Waals surface area contributed by atoms with Crippen molar-refractivity contribution in [3.63, 3.8) is 0 Å². The van der Waals surface area contributed by atoms with E-state index < -0.39 is 44.2 Å². The fourth-order valence-corrected chi connectivity index (χ4v) is 4.10. The molecule has 0 aliphatic rings. The number of aromatic amines is 1. The molecule has 0 saturated carbocycles. The first-order valence-corrected chi connectivity index (χ1v) is 9.78. The van der Waals surface area contributed by atoms with Gasteiger partial charge < -0.3 is 9.54 Å². The van der Waals surface area contributed by atoms with E-state index in [4.69, 9.17) is 4.55 Å². The molecule has 0 saturated heterocycles. The molecule has 0 aliphatic carbocycles. The summed E-state index contributed by atoms with van der Waals surface area (Å²) in [4.78, 5) is 2.46. The smallest absolute Gasteiger partial charge is 0.264 e. The molecule has 2 aromatic carbocycles. The average molecular weight is 404 g/mol. The zero-order valence-corrected chi connectivity index (χ0v) is 14.4. The molecule has 1 unspecified atom stereocenters. The van der Waals surface area contributed by atoms with Crippen molar-refractivity contribution in [3.05, 3.63) is 59.5 Å². The van der Waals surface area contributed by atoms with Crippen molar-refractivity contribution in [2.45, 2.75) is 10.6 Å². The van der Waals surface area contributed by atoms with E-state index in [1.54, 1.807) is 0 Å². The number of anilines is 1. The molecule has 0 amide bonds. The highest BCUT2D eigenvalue weighted by molar-refractivity contribution is 7.93. The lowest BCUT2D eigenvalue weighted by molar-refractivity contribution is 0.496. The van der Waals surface area contributed by atoms with Crippen LogP contribution in [0.25, 0.3) is 10.9 Å². The fourth-order valence-electron chi connectivity index (χ4n) is 2.40. The maximum atomic E-state index is 13.7. The van der Waals surface area contributed by atoms with Crippen LogP contribution in [0.15, 0.2) is 41.4 Å². The van der Waals surface area contributed by atoms with Crippen LogP contribution in [0.1, 0.15) is 5.56 Å². The Kier molecular flexibility index (Phi) is 4.78. The maximum Gasteiger partial charge on any atom is 0.264 e. The molecular weight excluding hydrogens is 393 g/mol. The molecule has 0 fully saturated rings. The van der Waals surface area contributed by atoms with Crippen LogP contribution in [0.5, 0.6) is 0 Å². The number of halogens is 3. The predicted molar refractivity (Wildman–Crippen MR) is 89.9 cm³/mol. The number of fused-ring (bicyclic) bond motifs is 1. The molecule has 1 aromatic heterocycles. The number of hydrogen-bond donors (Lipinski definition) is 3. The van der Waals surface area contributed by atoms with Crippen LogP contribution >= 0.6 is 0 Å². The monoisotopic (exact) mass is 404 g/mol. The van der Waals surface area contributed by atoms with Crippen molar-refractivity contribution in [1.29, 1.82) is 0 Å². The van der Waals surface area contributed by atoms with Gasteiger partial charge in [-0.2, -0.15) is 0 Å². The van der Waals surface area contributed by atoms with Gasteiger partial charge in [-0.25, -0.2) is 25.8 Å². The summed E-state index contributed by atoms with van der Waals surface area (Å²) >= 11 is -2.06. The zero-order valence-electron chi connectivity index (χ0n) is 12.8. The fraction of sp³-hybridized carbons (Fsp3) is 0.0667. The molecule has 0 radical (unpaired) electrons. The number of hydrogen-bond acceptors (Lipinski definition) is 3. The van der Waals surface area contributed by atoms with Crippen LogP contribution < -0.4 is 4.72 Å². The Morgan fingerprint density at radius 3 is 2.46 bits per heavy atom. The van der Waals surface area contributed by atoms with E-state index in [0.717, 1.165) is 6.20 Å². The summed E-state index contributed by atoms with van der Waals surface area (Å²) in [6.45, 7) is 0. The van der Waals surface area contributed by atoms with E-state index in [0.29, 0.717) is 17.1 Å². The summed E-state index contributed by atoms with van der Waals surface area (Å²) in [6.07, 6.45) is 1.14. The molecule has 0 bridgehead atoms. The minimum atomic E-state index is -4.30. The molecule has 26 heavy (non-hydrogen) atoms. The largest absolute Gasteiger partial charge is 0.360 e. The van der Waals surface area contributed by atoms with E-state index in [9.17, 15) is 25.8 Å². The van der Waals surface area contributed by atoms with Gasteiger partial charge in [0, 0.05) is 29.2 Å². The molecule has 3 rings (SSSR count). The lowest BCUT2D eigenvalue weighted by atomic mass is 10.2. The molecule has 3 N–H and O–H groups in total. The van der Waals surface area contributed by atoms with Gasteiger partial charge in [-0.15, -0.1) is 0 Å². The predicted octanol–water partition coefficient (Wildman–Crippen LogP) is 3.11. The van der Waals surface area contributed by atoms with Gasteiger partial charge >= 0.3 is 0 Å². The second-order valence-electron chi connectivity index (χ2n) is 5.35. The van der Waals surface area contributed by atoms with Crippen LogP contribution in [-0.4, -0.2) is 22.2 Å². The quantitative estimate of drug-likeness (QED) is 0.449. The van der Waals surface area contributed by atoms with E-state index in [2.05, 4.69) is 4.98 Å². The van der Waals surface area contributed by atoms with Crippen molar-refractivity contribution >= 4 is 37.7 Å². The van der Waals surface area contributed by atoms with Crippen molar-refractivity contribution < 1.29 is 30.4 Å². The molecule has 3 aromatic rings. The van der Waals surface area contributed by atoms with Crippen LogP contribution in [0, 0.1) is 17.5 Å². The van der Waals surface area contributed by atoms with Crippen molar-refractivity contribution in [2.75, 3.05) is 4.72 Å². The first-order chi connectivity index (χ1) is 12.2. The van der Waals surface area contributed by atoms with Crippen LogP contribution in [0.2, 0.25) is 0 Å². The third-order valence-electron chi connectivity index (χ3n) is 3.54. The molecule has 1 heterocycles. The highest BCUT2D eigenvalue weighted by atomic mass is 32.2. The van der Waals surface area contributed by atoms with Gasteiger partial charge in [0.15, 0.2) is 22.7 Å². The first kappa shape index (κ1) is 18.4. The summed E-state index contributed by atoms with van der Waals surface area (Å²) in [5, 5.41) is 0.243. The molecule has 0 spiro atoms. The third kappa shape index (κ3) is 3.59. The first-order valence-electron chi connectivity index (χ1n) is 7.02. The van der Waals surface area contributed by atoms with Gasteiger partial charge in [-0.05, 0) is 11.6 Å². The zero-order chi connectivity index (χ0) is 19.1. The summed E-state index contributed by atoms with van der Waals surface area (Å²) in [5.41, 5.74) is 0.147. The lowest BCUT2D eigenvalue weighted by Gasteiger charge is -2.09. The Morgan fingerprint density at radius 1 is 1.08 bits per heavy atom. The van der Waals surface area contributed by atoms with Gasteiger partial charge in [0.25, 0.3) is 10.0 Å². The van der Waals surface area contributed by atoms with Crippen LogP contribution in [0.3, 0.4) is 0 Å². The summed E-state index contributed by atoms with van der Waals surface area (Å²) in [5.74, 6) is -4.23. The molecule has 1 atom stereocenters. The number of rotatable bonds is 5. The molecule has 11 heteroatoms. The Morgan fingerprint density at radius 2 is 1.77 bits per heavy atom. The van der Waals surface area contributed by atoms with E-state index in [1.807, 2.05) is 4.72 Å². The van der Waals surface area contributed by atoms with Crippen LogP contribution in [0.4, 0.5) is 18.9 Å². The van der Waals surface area contributed by atoms with Crippen molar-refractivity contribution in [1.82, 2.24) is 4.98 Å². The average Bonchev–Trinajstić information content (AvgIpc) is 2.96. The number of sulfonamides is 1. The lowest BCUT2D eigenvalue weighted by Crippen LogP contribution is -2.14.